The molecule has 1 N–H and O–H groups in total. The topological polar surface area (TPSA) is 81.3 Å². The monoisotopic (exact) mass is 457 g/mol. The number of nitrogens with zero attached hydrogens (tertiary/aromatic N) is 4. The first-order chi connectivity index (χ1) is 16.3. The summed E-state index contributed by atoms with van der Waals surface area (Å²) in [5.41, 5.74) is 2.91. The predicted octanol–water partition coefficient (Wildman–Crippen LogP) is 3.30. The molecule has 0 atom stereocenters. The van der Waals surface area contributed by atoms with E-state index in [1.165, 1.54) is 19.8 Å². The van der Waals surface area contributed by atoms with Crippen LogP contribution < -0.4 is 27.0 Å². The fourth-order valence-corrected chi connectivity index (χ4v) is 4.31. The molecule has 0 bridgehead atoms. The Kier molecular flexibility index (Phi) is 5.16. The van der Waals surface area contributed by atoms with E-state index in [1.54, 1.807) is 7.05 Å². The van der Waals surface area contributed by atoms with E-state index in [4.69, 9.17) is 0 Å². The van der Waals surface area contributed by atoms with Crippen molar-refractivity contribution < 1.29 is 0 Å². The molecule has 0 saturated heterocycles. The van der Waals surface area contributed by atoms with Crippen molar-refractivity contribution in [2.24, 2.45) is 7.05 Å². The Bertz CT molecular complexity index is 1590. The van der Waals surface area contributed by atoms with Gasteiger partial charge < -0.3 is 10.2 Å². The number of pyridine rings is 1. The van der Waals surface area contributed by atoms with E-state index >= 15 is 0 Å². The van der Waals surface area contributed by atoms with E-state index < -0.39 is 5.69 Å². The molecule has 0 amide bonds. The first-order valence-corrected chi connectivity index (χ1v) is 11.3. The van der Waals surface area contributed by atoms with Crippen LogP contribution in [0.4, 0.5) is 17.1 Å². The minimum Gasteiger partial charge on any atom is -0.378 e. The third-order valence-corrected chi connectivity index (χ3v) is 6.29. The Morgan fingerprint density at radius 3 is 2.29 bits per heavy atom. The number of benzene rings is 2. The first kappa shape index (κ1) is 21.8. The smallest absolute Gasteiger partial charge is 0.337 e. The maximum Gasteiger partial charge on any atom is 0.337 e. The van der Waals surface area contributed by atoms with Crippen LogP contribution in [0.3, 0.4) is 0 Å². The van der Waals surface area contributed by atoms with E-state index in [0.29, 0.717) is 16.8 Å². The van der Waals surface area contributed by atoms with Crippen LogP contribution in [-0.4, -0.2) is 27.8 Å². The summed E-state index contributed by atoms with van der Waals surface area (Å²) in [4.78, 5) is 42.3. The highest BCUT2D eigenvalue weighted by Crippen LogP contribution is 2.33. The molecule has 8 heteroatoms. The van der Waals surface area contributed by atoms with Crippen molar-refractivity contribution in [1.29, 1.82) is 0 Å². The first-order valence-electron chi connectivity index (χ1n) is 11.3. The molecule has 1 fully saturated rings. The standard InChI is InChI=1S/C26H27N5O3/c1-16-6-5-7-20(14-16)30-24-23(25(33)31(26(30)34)19-12-13-19)21(15-22(32)29(24)4)27-17-8-10-18(11-9-17)28(2)3/h5-11,14-15,19,27H,12-13H2,1-4H3. The second-order valence-corrected chi connectivity index (χ2v) is 9.08. The van der Waals surface area contributed by atoms with Gasteiger partial charge in [0.15, 0.2) is 0 Å². The average Bonchev–Trinajstić information content (AvgIpc) is 3.62. The van der Waals surface area contributed by atoms with Crippen LogP contribution in [0, 0.1) is 6.92 Å². The second-order valence-electron chi connectivity index (χ2n) is 9.08. The van der Waals surface area contributed by atoms with Gasteiger partial charge >= 0.3 is 5.69 Å². The third-order valence-electron chi connectivity index (χ3n) is 6.29. The van der Waals surface area contributed by atoms with Gasteiger partial charge in [-0.3, -0.25) is 18.7 Å². The van der Waals surface area contributed by atoms with Crippen LogP contribution in [0.15, 0.2) is 69.0 Å². The summed E-state index contributed by atoms with van der Waals surface area (Å²) < 4.78 is 4.21. The van der Waals surface area contributed by atoms with E-state index in [0.717, 1.165) is 29.8 Å². The molecular formula is C26H27N5O3. The van der Waals surface area contributed by atoms with E-state index in [2.05, 4.69) is 5.32 Å². The van der Waals surface area contributed by atoms with Crippen molar-refractivity contribution in [3.8, 4) is 5.69 Å². The van der Waals surface area contributed by atoms with Crippen molar-refractivity contribution >= 4 is 28.1 Å². The van der Waals surface area contributed by atoms with Crippen LogP contribution in [0.25, 0.3) is 16.7 Å². The zero-order chi connectivity index (χ0) is 24.1. The molecule has 0 unspecified atom stereocenters. The number of aryl methyl sites for hydroxylation is 2. The van der Waals surface area contributed by atoms with E-state index in [9.17, 15) is 14.4 Å². The number of fused-ring (bicyclic) bond motifs is 1. The van der Waals surface area contributed by atoms with Gasteiger partial charge in [-0.25, -0.2) is 9.36 Å². The molecule has 2 aromatic carbocycles. The molecule has 8 nitrogen and oxygen atoms in total. The lowest BCUT2D eigenvalue weighted by atomic mass is 10.2. The summed E-state index contributed by atoms with van der Waals surface area (Å²) in [7, 11) is 5.51. The second kappa shape index (κ2) is 8.06. The molecule has 2 aromatic heterocycles. The van der Waals surface area contributed by atoms with Gasteiger partial charge in [0.25, 0.3) is 11.1 Å². The summed E-state index contributed by atoms with van der Waals surface area (Å²) in [6.07, 6.45) is 1.57. The van der Waals surface area contributed by atoms with Crippen molar-refractivity contribution in [3.63, 3.8) is 0 Å². The van der Waals surface area contributed by atoms with Gasteiger partial charge in [-0.15, -0.1) is 0 Å². The molecule has 0 radical (unpaired) electrons. The molecule has 4 aromatic rings. The van der Waals surface area contributed by atoms with Crippen LogP contribution in [-0.2, 0) is 7.05 Å². The molecule has 0 spiro atoms. The van der Waals surface area contributed by atoms with Crippen LogP contribution in [0.2, 0.25) is 0 Å². The van der Waals surface area contributed by atoms with Crippen molar-refractivity contribution in [2.45, 2.75) is 25.8 Å². The highest BCUT2D eigenvalue weighted by Gasteiger charge is 2.30. The van der Waals surface area contributed by atoms with Gasteiger partial charge in [-0.05, 0) is 61.7 Å². The normalized spacial score (nSPS) is 13.3. The van der Waals surface area contributed by atoms with Crippen LogP contribution in [0.1, 0.15) is 24.4 Å². The third kappa shape index (κ3) is 3.61. The quantitative estimate of drug-likeness (QED) is 0.497. The Morgan fingerprint density at radius 1 is 0.971 bits per heavy atom. The molecule has 0 aliphatic heterocycles. The highest BCUT2D eigenvalue weighted by atomic mass is 16.2. The molecule has 34 heavy (non-hydrogen) atoms. The number of anilines is 3. The van der Waals surface area contributed by atoms with Gasteiger partial charge in [0.05, 0.1) is 11.4 Å². The fourth-order valence-electron chi connectivity index (χ4n) is 4.31. The Morgan fingerprint density at radius 2 is 1.68 bits per heavy atom. The minimum absolute atomic E-state index is 0.120. The molecule has 2 heterocycles. The fraction of sp³-hybridized carbons (Fsp3) is 0.269. The lowest BCUT2D eigenvalue weighted by Gasteiger charge is -2.19. The molecule has 5 rings (SSSR count). The molecule has 1 aliphatic rings. The zero-order valence-corrected chi connectivity index (χ0v) is 19.7. The molecular weight excluding hydrogens is 430 g/mol. The van der Waals surface area contributed by atoms with Crippen molar-refractivity contribution in [2.75, 3.05) is 24.3 Å². The Labute approximate surface area is 196 Å². The van der Waals surface area contributed by atoms with Crippen LogP contribution >= 0.6 is 0 Å². The predicted molar refractivity (Wildman–Crippen MR) is 136 cm³/mol. The number of rotatable bonds is 5. The molecule has 174 valence electrons. The lowest BCUT2D eigenvalue weighted by molar-refractivity contribution is 0.637. The van der Waals surface area contributed by atoms with Gasteiger partial charge in [-0.2, -0.15) is 0 Å². The number of nitrogens with one attached hydrogen (secondary N) is 1. The van der Waals surface area contributed by atoms with Gasteiger partial charge in [-0.1, -0.05) is 12.1 Å². The SMILES string of the molecule is Cc1cccc(-n2c(=O)n(C3CC3)c(=O)c3c(Nc4ccc(N(C)C)cc4)cc(=O)n(C)c32)c1. The number of aromatic nitrogens is 3. The summed E-state index contributed by atoms with van der Waals surface area (Å²) >= 11 is 0. The summed E-state index contributed by atoms with van der Waals surface area (Å²) in [6, 6.07) is 16.5. The van der Waals surface area contributed by atoms with Crippen LogP contribution in [0.5, 0.6) is 0 Å². The number of hydrogen-bond donors (Lipinski definition) is 1. The minimum atomic E-state index is -0.423. The zero-order valence-electron chi connectivity index (χ0n) is 19.7. The summed E-state index contributed by atoms with van der Waals surface area (Å²) in [6.45, 7) is 1.94. The maximum absolute atomic E-state index is 13.7. The van der Waals surface area contributed by atoms with Crippen molar-refractivity contribution in [1.82, 2.24) is 13.7 Å². The van der Waals surface area contributed by atoms with Gasteiger partial charge in [0.1, 0.15) is 11.0 Å². The average molecular weight is 458 g/mol. The van der Waals surface area contributed by atoms with Crippen molar-refractivity contribution in [3.05, 3.63) is 91.4 Å². The highest BCUT2D eigenvalue weighted by molar-refractivity contribution is 5.91. The molecule has 1 aliphatic carbocycles. The molecule has 1 saturated carbocycles. The Balaban J connectivity index is 1.83. The van der Waals surface area contributed by atoms with Gasteiger partial charge in [0.2, 0.25) is 0 Å². The largest absolute Gasteiger partial charge is 0.378 e. The summed E-state index contributed by atoms with van der Waals surface area (Å²) in [5, 5.41) is 3.57. The maximum atomic E-state index is 13.7. The van der Waals surface area contributed by atoms with E-state index in [1.807, 2.05) is 74.4 Å². The Hall–Kier alpha value is -4.07. The lowest BCUT2D eigenvalue weighted by Crippen LogP contribution is -2.41. The van der Waals surface area contributed by atoms with E-state index in [-0.39, 0.29) is 22.8 Å². The summed E-state index contributed by atoms with van der Waals surface area (Å²) in [5.74, 6) is 0. The number of hydrogen-bond acceptors (Lipinski definition) is 5. The van der Waals surface area contributed by atoms with Gasteiger partial charge in [0, 0.05) is 44.6 Å².